The highest BCUT2D eigenvalue weighted by atomic mass is 79.9. The number of nitrogens with one attached hydrogen (secondary N) is 1. The average molecular weight is 330 g/mol. The fraction of sp³-hybridized carbons (Fsp3) is 0.235. The van der Waals surface area contributed by atoms with Crippen LogP contribution in [0.1, 0.15) is 29.9 Å². The Morgan fingerprint density at radius 3 is 2.85 bits per heavy atom. The van der Waals surface area contributed by atoms with Gasteiger partial charge in [-0.25, -0.2) is 0 Å². The van der Waals surface area contributed by atoms with Gasteiger partial charge in [0, 0.05) is 10.2 Å². The predicted octanol–water partition coefficient (Wildman–Crippen LogP) is 4.51. The molecule has 0 saturated carbocycles. The molecule has 1 N–H and O–H groups in total. The van der Waals surface area contributed by atoms with Gasteiger partial charge in [-0.1, -0.05) is 46.3 Å². The minimum Gasteiger partial charge on any atom is -0.326 e. The first-order chi connectivity index (χ1) is 9.74. The molecule has 1 aliphatic carbocycles. The average Bonchev–Trinajstić information content (AvgIpc) is 2.46. The quantitative estimate of drug-likeness (QED) is 0.862. The van der Waals surface area contributed by atoms with E-state index in [9.17, 15) is 4.79 Å². The third-order valence-electron chi connectivity index (χ3n) is 3.78. The van der Waals surface area contributed by atoms with Gasteiger partial charge in [-0.3, -0.25) is 4.79 Å². The lowest BCUT2D eigenvalue weighted by Gasteiger charge is -2.24. The first-order valence-electron chi connectivity index (χ1n) is 6.88. The van der Waals surface area contributed by atoms with E-state index in [1.807, 2.05) is 36.4 Å². The summed E-state index contributed by atoms with van der Waals surface area (Å²) in [6.45, 7) is 0. The molecule has 3 heteroatoms. The Morgan fingerprint density at radius 1 is 1.15 bits per heavy atom. The van der Waals surface area contributed by atoms with E-state index in [4.69, 9.17) is 0 Å². The van der Waals surface area contributed by atoms with Crippen LogP contribution in [0, 0.1) is 0 Å². The maximum atomic E-state index is 12.5. The minimum absolute atomic E-state index is 0.0288. The highest BCUT2D eigenvalue weighted by molar-refractivity contribution is 9.10. The summed E-state index contributed by atoms with van der Waals surface area (Å²) in [6.07, 6.45) is 3.08. The van der Waals surface area contributed by atoms with E-state index in [1.54, 1.807) is 0 Å². The normalized spacial score (nSPS) is 17.4. The van der Waals surface area contributed by atoms with E-state index in [1.165, 1.54) is 11.1 Å². The Morgan fingerprint density at radius 2 is 2.00 bits per heavy atom. The van der Waals surface area contributed by atoms with E-state index in [0.717, 1.165) is 29.4 Å². The van der Waals surface area contributed by atoms with Crippen molar-refractivity contribution in [2.75, 3.05) is 5.32 Å². The topological polar surface area (TPSA) is 29.1 Å². The molecule has 1 amide bonds. The molecule has 2 aromatic rings. The lowest BCUT2D eigenvalue weighted by molar-refractivity contribution is -0.117. The van der Waals surface area contributed by atoms with Crippen LogP contribution in [0.15, 0.2) is 53.0 Å². The van der Waals surface area contributed by atoms with Crippen molar-refractivity contribution >= 4 is 27.5 Å². The van der Waals surface area contributed by atoms with Crippen molar-refractivity contribution in [2.24, 2.45) is 0 Å². The van der Waals surface area contributed by atoms with Crippen molar-refractivity contribution in [3.8, 4) is 0 Å². The Balaban J connectivity index is 1.82. The Hall–Kier alpha value is -1.61. The molecular weight excluding hydrogens is 314 g/mol. The number of benzene rings is 2. The van der Waals surface area contributed by atoms with Crippen LogP contribution < -0.4 is 5.32 Å². The van der Waals surface area contributed by atoms with Crippen molar-refractivity contribution in [3.05, 3.63) is 64.1 Å². The molecule has 0 aromatic heterocycles. The maximum absolute atomic E-state index is 12.5. The number of hydrogen-bond donors (Lipinski definition) is 1. The number of hydrogen-bond acceptors (Lipinski definition) is 1. The molecule has 0 heterocycles. The van der Waals surface area contributed by atoms with Crippen LogP contribution in [0.5, 0.6) is 0 Å². The van der Waals surface area contributed by atoms with Gasteiger partial charge in [-0.15, -0.1) is 0 Å². The number of fused-ring (bicyclic) bond motifs is 1. The van der Waals surface area contributed by atoms with Crippen LogP contribution in [-0.2, 0) is 11.2 Å². The Labute approximate surface area is 127 Å². The zero-order valence-corrected chi connectivity index (χ0v) is 12.7. The number of anilines is 1. The molecule has 2 nitrogen and oxygen atoms in total. The van der Waals surface area contributed by atoms with Crippen LogP contribution in [-0.4, -0.2) is 5.91 Å². The minimum atomic E-state index is -0.0288. The SMILES string of the molecule is O=C(Nc1cccc(Br)c1)[C@@H]1CCCc2ccccc21. The van der Waals surface area contributed by atoms with Gasteiger partial charge in [0.1, 0.15) is 0 Å². The van der Waals surface area contributed by atoms with Crippen molar-refractivity contribution in [3.63, 3.8) is 0 Å². The molecule has 0 unspecified atom stereocenters. The van der Waals surface area contributed by atoms with Crippen molar-refractivity contribution in [1.82, 2.24) is 0 Å². The zero-order chi connectivity index (χ0) is 13.9. The molecule has 20 heavy (non-hydrogen) atoms. The van der Waals surface area contributed by atoms with Gasteiger partial charge in [-0.05, 0) is 48.6 Å². The third-order valence-corrected chi connectivity index (χ3v) is 4.27. The highest BCUT2D eigenvalue weighted by Crippen LogP contribution is 2.32. The van der Waals surface area contributed by atoms with Crippen molar-refractivity contribution in [2.45, 2.75) is 25.2 Å². The zero-order valence-electron chi connectivity index (χ0n) is 11.1. The summed E-state index contributed by atoms with van der Waals surface area (Å²) in [5.74, 6) is 0.0641. The first-order valence-corrected chi connectivity index (χ1v) is 7.67. The molecule has 102 valence electrons. The number of aryl methyl sites for hydroxylation is 1. The summed E-state index contributed by atoms with van der Waals surface area (Å²) in [7, 11) is 0. The largest absolute Gasteiger partial charge is 0.326 e. The number of halogens is 1. The molecule has 1 aliphatic rings. The summed E-state index contributed by atoms with van der Waals surface area (Å²) in [5, 5.41) is 3.02. The summed E-state index contributed by atoms with van der Waals surface area (Å²) in [4.78, 5) is 12.5. The third kappa shape index (κ3) is 2.78. The molecular formula is C17H16BrNO. The smallest absolute Gasteiger partial charge is 0.231 e. The van der Waals surface area contributed by atoms with Crippen LogP contribution in [0.25, 0.3) is 0 Å². The lowest BCUT2D eigenvalue weighted by Crippen LogP contribution is -2.24. The molecule has 0 spiro atoms. The summed E-state index contributed by atoms with van der Waals surface area (Å²) < 4.78 is 0.972. The van der Waals surface area contributed by atoms with E-state index < -0.39 is 0 Å². The van der Waals surface area contributed by atoms with E-state index >= 15 is 0 Å². The van der Waals surface area contributed by atoms with Crippen molar-refractivity contribution in [1.29, 1.82) is 0 Å². The van der Waals surface area contributed by atoms with Crippen LogP contribution in [0.4, 0.5) is 5.69 Å². The summed E-state index contributed by atoms with van der Waals surface area (Å²) >= 11 is 3.42. The second kappa shape index (κ2) is 5.80. The van der Waals surface area contributed by atoms with Gasteiger partial charge < -0.3 is 5.32 Å². The van der Waals surface area contributed by atoms with Crippen LogP contribution >= 0.6 is 15.9 Å². The molecule has 0 fully saturated rings. The molecule has 1 atom stereocenters. The first kappa shape index (κ1) is 13.4. The van der Waals surface area contributed by atoms with Crippen molar-refractivity contribution < 1.29 is 4.79 Å². The second-order valence-electron chi connectivity index (χ2n) is 5.14. The number of rotatable bonds is 2. The highest BCUT2D eigenvalue weighted by Gasteiger charge is 2.26. The fourth-order valence-electron chi connectivity index (χ4n) is 2.82. The predicted molar refractivity (Wildman–Crippen MR) is 84.9 cm³/mol. The monoisotopic (exact) mass is 329 g/mol. The molecule has 3 rings (SSSR count). The van der Waals surface area contributed by atoms with Gasteiger partial charge in [0.05, 0.1) is 5.92 Å². The number of carbonyl (C=O) groups excluding carboxylic acids is 1. The molecule has 0 aliphatic heterocycles. The number of amides is 1. The van der Waals surface area contributed by atoms with Gasteiger partial charge in [0.2, 0.25) is 5.91 Å². The standard InChI is InChI=1S/C17H16BrNO/c18-13-7-4-8-14(11-13)19-17(20)16-10-3-6-12-5-1-2-9-15(12)16/h1-2,4-5,7-9,11,16H,3,6,10H2,(H,19,20)/t16-/m1/s1. The Kier molecular flexibility index (Phi) is 3.88. The van der Waals surface area contributed by atoms with Crippen LogP contribution in [0.3, 0.4) is 0 Å². The van der Waals surface area contributed by atoms with Crippen LogP contribution in [0.2, 0.25) is 0 Å². The summed E-state index contributed by atoms with van der Waals surface area (Å²) in [5.41, 5.74) is 3.34. The Bertz CT molecular complexity index is 638. The van der Waals surface area contributed by atoms with E-state index in [-0.39, 0.29) is 11.8 Å². The molecule has 0 radical (unpaired) electrons. The molecule has 0 saturated heterocycles. The lowest BCUT2D eigenvalue weighted by atomic mass is 9.82. The van der Waals surface area contributed by atoms with Gasteiger partial charge in [-0.2, -0.15) is 0 Å². The van der Waals surface area contributed by atoms with Gasteiger partial charge in [0.25, 0.3) is 0 Å². The summed E-state index contributed by atoms with van der Waals surface area (Å²) in [6, 6.07) is 16.0. The molecule has 2 aromatic carbocycles. The number of carbonyl (C=O) groups is 1. The maximum Gasteiger partial charge on any atom is 0.231 e. The molecule has 0 bridgehead atoms. The van der Waals surface area contributed by atoms with Gasteiger partial charge in [0.15, 0.2) is 0 Å². The van der Waals surface area contributed by atoms with E-state index in [0.29, 0.717) is 0 Å². The second-order valence-corrected chi connectivity index (χ2v) is 6.06. The fourth-order valence-corrected chi connectivity index (χ4v) is 3.22. The van der Waals surface area contributed by atoms with E-state index in [2.05, 4.69) is 33.4 Å². The van der Waals surface area contributed by atoms with Gasteiger partial charge >= 0.3 is 0 Å².